The Hall–Kier alpha value is -3.26. The second-order valence-corrected chi connectivity index (χ2v) is 6.08. The van der Waals surface area contributed by atoms with Crippen molar-refractivity contribution in [3.8, 4) is 17.6 Å². The molecule has 0 fully saturated rings. The standard InChI is InChI=1S/C21H20N2O3/c1-15-10-19-20(26-14-25-19)12-17(15)11-18(13-22)21(24)23-9-5-8-16-6-3-2-4-7-16/h2-4,6-7,10-12H,5,8-9,14H2,1H3,(H,23,24)/b18-11-. The average Bonchev–Trinajstić information content (AvgIpc) is 3.11. The topological polar surface area (TPSA) is 71.4 Å². The van der Waals surface area contributed by atoms with Crippen LogP contribution in [-0.4, -0.2) is 19.2 Å². The third kappa shape index (κ3) is 4.22. The van der Waals surface area contributed by atoms with Crippen LogP contribution in [0.4, 0.5) is 0 Å². The summed E-state index contributed by atoms with van der Waals surface area (Å²) in [7, 11) is 0. The minimum atomic E-state index is -0.363. The number of carbonyl (C=O) groups is 1. The molecule has 1 heterocycles. The lowest BCUT2D eigenvalue weighted by atomic mass is 10.0. The molecule has 1 N–H and O–H groups in total. The maximum Gasteiger partial charge on any atom is 0.261 e. The molecule has 0 saturated heterocycles. The molecule has 0 bridgehead atoms. The first-order valence-electron chi connectivity index (χ1n) is 8.51. The van der Waals surface area contributed by atoms with Gasteiger partial charge in [-0.3, -0.25) is 4.79 Å². The molecule has 2 aromatic carbocycles. The largest absolute Gasteiger partial charge is 0.454 e. The van der Waals surface area contributed by atoms with Crippen LogP contribution in [0.3, 0.4) is 0 Å². The van der Waals surface area contributed by atoms with Gasteiger partial charge in [-0.1, -0.05) is 30.3 Å². The van der Waals surface area contributed by atoms with Crippen molar-refractivity contribution < 1.29 is 14.3 Å². The second kappa shape index (κ2) is 8.21. The van der Waals surface area contributed by atoms with Gasteiger partial charge < -0.3 is 14.8 Å². The summed E-state index contributed by atoms with van der Waals surface area (Å²) in [6.07, 6.45) is 3.29. The van der Waals surface area contributed by atoms with Crippen LogP contribution in [0.2, 0.25) is 0 Å². The number of hydrogen-bond acceptors (Lipinski definition) is 4. The molecule has 0 unspecified atom stereocenters. The van der Waals surface area contributed by atoms with Gasteiger partial charge in [-0.05, 0) is 54.7 Å². The first-order chi connectivity index (χ1) is 12.7. The lowest BCUT2D eigenvalue weighted by molar-refractivity contribution is -0.117. The van der Waals surface area contributed by atoms with Crippen molar-refractivity contribution in [2.75, 3.05) is 13.3 Å². The molecule has 3 rings (SSSR count). The third-order valence-electron chi connectivity index (χ3n) is 4.20. The fraction of sp³-hybridized carbons (Fsp3) is 0.238. The van der Waals surface area contributed by atoms with Crippen molar-refractivity contribution in [1.82, 2.24) is 5.32 Å². The van der Waals surface area contributed by atoms with Crippen LogP contribution in [-0.2, 0) is 11.2 Å². The molecule has 0 atom stereocenters. The number of ether oxygens (including phenoxy) is 2. The molecule has 132 valence electrons. The molecule has 1 aliphatic heterocycles. The Kier molecular flexibility index (Phi) is 5.55. The first-order valence-corrected chi connectivity index (χ1v) is 8.51. The molecule has 0 spiro atoms. The van der Waals surface area contributed by atoms with E-state index in [4.69, 9.17) is 9.47 Å². The van der Waals surface area contributed by atoms with Crippen molar-refractivity contribution in [1.29, 1.82) is 5.26 Å². The van der Waals surface area contributed by atoms with E-state index in [-0.39, 0.29) is 18.3 Å². The summed E-state index contributed by atoms with van der Waals surface area (Å²) < 4.78 is 10.7. The van der Waals surface area contributed by atoms with Crippen LogP contribution in [0, 0.1) is 18.3 Å². The summed E-state index contributed by atoms with van der Waals surface area (Å²) in [6, 6.07) is 15.7. The van der Waals surface area contributed by atoms with Gasteiger partial charge in [-0.2, -0.15) is 5.26 Å². The number of aryl methyl sites for hydroxylation is 2. The second-order valence-electron chi connectivity index (χ2n) is 6.08. The van der Waals surface area contributed by atoms with Crippen LogP contribution in [0.25, 0.3) is 6.08 Å². The van der Waals surface area contributed by atoms with E-state index < -0.39 is 0 Å². The summed E-state index contributed by atoms with van der Waals surface area (Å²) in [4.78, 5) is 12.3. The quantitative estimate of drug-likeness (QED) is 0.493. The van der Waals surface area contributed by atoms with Gasteiger partial charge in [-0.15, -0.1) is 0 Å². The minimum Gasteiger partial charge on any atom is -0.454 e. The Balaban J connectivity index is 1.60. The Labute approximate surface area is 152 Å². The Morgan fingerprint density at radius 1 is 1.23 bits per heavy atom. The normalized spacial score (nSPS) is 12.5. The number of benzene rings is 2. The van der Waals surface area contributed by atoms with Crippen molar-refractivity contribution in [2.24, 2.45) is 0 Å². The van der Waals surface area contributed by atoms with Gasteiger partial charge in [0.05, 0.1) is 0 Å². The van der Waals surface area contributed by atoms with Gasteiger partial charge in [0.25, 0.3) is 5.91 Å². The van der Waals surface area contributed by atoms with Crippen molar-refractivity contribution in [3.63, 3.8) is 0 Å². The van der Waals surface area contributed by atoms with Gasteiger partial charge in [0.1, 0.15) is 11.6 Å². The summed E-state index contributed by atoms with van der Waals surface area (Å²) in [5, 5.41) is 12.2. The Morgan fingerprint density at radius 3 is 2.69 bits per heavy atom. The fourth-order valence-corrected chi connectivity index (χ4v) is 2.75. The lowest BCUT2D eigenvalue weighted by Crippen LogP contribution is -2.25. The van der Waals surface area contributed by atoms with Crippen LogP contribution >= 0.6 is 0 Å². The molecular weight excluding hydrogens is 328 g/mol. The van der Waals surface area contributed by atoms with E-state index in [1.807, 2.05) is 37.3 Å². The first kappa shape index (κ1) is 17.6. The smallest absolute Gasteiger partial charge is 0.261 e. The van der Waals surface area contributed by atoms with Crippen LogP contribution in [0.15, 0.2) is 48.0 Å². The summed E-state index contributed by atoms with van der Waals surface area (Å²) >= 11 is 0. The number of rotatable bonds is 6. The zero-order chi connectivity index (χ0) is 18.4. The van der Waals surface area contributed by atoms with E-state index in [0.29, 0.717) is 18.0 Å². The summed E-state index contributed by atoms with van der Waals surface area (Å²) in [5.74, 6) is 0.948. The molecule has 0 radical (unpaired) electrons. The van der Waals surface area contributed by atoms with Crippen LogP contribution < -0.4 is 14.8 Å². The van der Waals surface area contributed by atoms with Crippen molar-refractivity contribution >= 4 is 12.0 Å². The molecule has 1 amide bonds. The molecule has 1 aliphatic rings. The van der Waals surface area contributed by atoms with Crippen molar-refractivity contribution in [2.45, 2.75) is 19.8 Å². The van der Waals surface area contributed by atoms with E-state index in [1.54, 1.807) is 12.1 Å². The van der Waals surface area contributed by atoms with Gasteiger partial charge in [0.2, 0.25) is 6.79 Å². The molecular formula is C21H20N2O3. The van der Waals surface area contributed by atoms with E-state index >= 15 is 0 Å². The maximum atomic E-state index is 12.3. The Morgan fingerprint density at radius 2 is 1.96 bits per heavy atom. The third-order valence-corrected chi connectivity index (χ3v) is 4.20. The zero-order valence-corrected chi connectivity index (χ0v) is 14.6. The molecule has 26 heavy (non-hydrogen) atoms. The molecule has 5 heteroatoms. The number of hydrogen-bond donors (Lipinski definition) is 1. The number of carbonyl (C=O) groups excluding carboxylic acids is 1. The Bertz CT molecular complexity index is 867. The maximum absolute atomic E-state index is 12.3. The molecule has 0 aliphatic carbocycles. The highest BCUT2D eigenvalue weighted by Crippen LogP contribution is 2.35. The average molecular weight is 348 g/mol. The highest BCUT2D eigenvalue weighted by Gasteiger charge is 2.16. The molecule has 0 aromatic heterocycles. The SMILES string of the molecule is Cc1cc2c(cc1/C=C(/C#N)C(=O)NCCCc1ccccc1)OCO2. The monoisotopic (exact) mass is 348 g/mol. The highest BCUT2D eigenvalue weighted by atomic mass is 16.7. The van der Waals surface area contributed by atoms with Crippen molar-refractivity contribution in [3.05, 3.63) is 64.7 Å². The molecule has 5 nitrogen and oxygen atoms in total. The lowest BCUT2D eigenvalue weighted by Gasteiger charge is -2.06. The summed E-state index contributed by atoms with van der Waals surface area (Å²) in [6.45, 7) is 2.61. The van der Waals surface area contributed by atoms with Gasteiger partial charge >= 0.3 is 0 Å². The number of amides is 1. The predicted molar refractivity (Wildman–Crippen MR) is 98.7 cm³/mol. The number of fused-ring (bicyclic) bond motifs is 1. The zero-order valence-electron chi connectivity index (χ0n) is 14.6. The summed E-state index contributed by atoms with van der Waals surface area (Å²) in [5.41, 5.74) is 2.99. The van der Waals surface area contributed by atoms with E-state index in [1.165, 1.54) is 5.56 Å². The van der Waals surface area contributed by atoms with E-state index in [9.17, 15) is 10.1 Å². The van der Waals surface area contributed by atoms with Gasteiger partial charge in [0, 0.05) is 6.54 Å². The van der Waals surface area contributed by atoms with Crippen LogP contribution in [0.1, 0.15) is 23.1 Å². The fourth-order valence-electron chi connectivity index (χ4n) is 2.75. The number of nitriles is 1. The van der Waals surface area contributed by atoms with E-state index in [0.717, 1.165) is 24.0 Å². The van der Waals surface area contributed by atoms with E-state index in [2.05, 4.69) is 17.4 Å². The minimum absolute atomic E-state index is 0.0756. The predicted octanol–water partition coefficient (Wildman–Crippen LogP) is 3.38. The highest BCUT2D eigenvalue weighted by molar-refractivity contribution is 6.01. The van der Waals surface area contributed by atoms with Gasteiger partial charge in [0.15, 0.2) is 11.5 Å². The molecule has 0 saturated carbocycles. The molecule has 2 aromatic rings. The number of nitrogens with zero attached hydrogens (tertiary/aromatic N) is 1. The van der Waals surface area contributed by atoms with Gasteiger partial charge in [-0.25, -0.2) is 0 Å². The van der Waals surface area contributed by atoms with Crippen LogP contribution in [0.5, 0.6) is 11.5 Å². The number of nitrogens with one attached hydrogen (secondary N) is 1.